The number of methoxy groups -OCH3 is 1. The molecule has 0 unspecified atom stereocenters. The molecular formula is C18H27NO4. The number of amides is 1. The highest BCUT2D eigenvalue weighted by atomic mass is 16.6. The third-order valence-corrected chi connectivity index (χ3v) is 3.47. The van der Waals surface area contributed by atoms with Crippen molar-refractivity contribution in [3.63, 3.8) is 0 Å². The van der Waals surface area contributed by atoms with Crippen molar-refractivity contribution >= 4 is 17.7 Å². The Balaban J connectivity index is 2.98. The van der Waals surface area contributed by atoms with Crippen LogP contribution in [0.15, 0.2) is 18.2 Å². The molecule has 0 N–H and O–H groups in total. The van der Waals surface area contributed by atoms with Crippen LogP contribution in [-0.2, 0) is 14.3 Å². The number of nitrogens with zero attached hydrogens (tertiary/aromatic N) is 1. The number of rotatable bonds is 5. The average molecular weight is 321 g/mol. The van der Waals surface area contributed by atoms with Gasteiger partial charge in [-0.15, -0.1) is 0 Å². The van der Waals surface area contributed by atoms with E-state index in [1.165, 1.54) is 7.11 Å². The number of benzene rings is 1. The van der Waals surface area contributed by atoms with Crippen molar-refractivity contribution in [2.24, 2.45) is 0 Å². The minimum Gasteiger partial charge on any atom is -0.469 e. The zero-order chi connectivity index (χ0) is 17.6. The van der Waals surface area contributed by atoms with E-state index in [1.807, 2.05) is 52.8 Å². The maximum atomic E-state index is 12.6. The smallest absolute Gasteiger partial charge is 0.414 e. The molecule has 1 aromatic rings. The van der Waals surface area contributed by atoms with Crippen LogP contribution in [0, 0.1) is 13.8 Å². The first-order valence-corrected chi connectivity index (χ1v) is 7.79. The van der Waals surface area contributed by atoms with Gasteiger partial charge in [-0.05, 0) is 58.2 Å². The molecule has 0 heterocycles. The summed E-state index contributed by atoms with van der Waals surface area (Å²) in [6.07, 6.45) is 0.371. The summed E-state index contributed by atoms with van der Waals surface area (Å²) in [6.45, 7) is 9.87. The lowest BCUT2D eigenvalue weighted by molar-refractivity contribution is -0.140. The van der Waals surface area contributed by atoms with Crippen LogP contribution in [0.1, 0.15) is 44.7 Å². The summed E-state index contributed by atoms with van der Waals surface area (Å²) in [5.74, 6) is -0.282. The van der Waals surface area contributed by atoms with E-state index in [9.17, 15) is 9.59 Å². The molecule has 0 aliphatic heterocycles. The van der Waals surface area contributed by atoms with Gasteiger partial charge in [0.15, 0.2) is 0 Å². The van der Waals surface area contributed by atoms with Crippen LogP contribution in [0.2, 0.25) is 0 Å². The van der Waals surface area contributed by atoms with Crippen LogP contribution < -0.4 is 4.90 Å². The van der Waals surface area contributed by atoms with Gasteiger partial charge in [0, 0.05) is 13.0 Å². The summed E-state index contributed by atoms with van der Waals surface area (Å²) in [5, 5.41) is 0. The van der Waals surface area contributed by atoms with Gasteiger partial charge in [0.05, 0.1) is 12.8 Å². The van der Waals surface area contributed by atoms with Gasteiger partial charge in [-0.25, -0.2) is 4.79 Å². The monoisotopic (exact) mass is 321 g/mol. The maximum absolute atomic E-state index is 12.6. The molecule has 23 heavy (non-hydrogen) atoms. The predicted octanol–water partition coefficient (Wildman–Crippen LogP) is 4.00. The third kappa shape index (κ3) is 5.93. The fourth-order valence-corrected chi connectivity index (χ4v) is 2.14. The Morgan fingerprint density at radius 1 is 1.17 bits per heavy atom. The summed E-state index contributed by atoms with van der Waals surface area (Å²) in [7, 11) is 1.36. The normalized spacial score (nSPS) is 11.0. The lowest BCUT2D eigenvalue weighted by Gasteiger charge is -2.28. The van der Waals surface area contributed by atoms with E-state index in [0.29, 0.717) is 13.0 Å². The molecule has 0 radical (unpaired) electrons. The molecule has 0 saturated heterocycles. The van der Waals surface area contributed by atoms with Gasteiger partial charge in [0.1, 0.15) is 5.60 Å². The first-order chi connectivity index (χ1) is 10.7. The van der Waals surface area contributed by atoms with Gasteiger partial charge in [-0.3, -0.25) is 9.69 Å². The Morgan fingerprint density at radius 2 is 1.83 bits per heavy atom. The van der Waals surface area contributed by atoms with Gasteiger partial charge < -0.3 is 9.47 Å². The van der Waals surface area contributed by atoms with Crippen molar-refractivity contribution in [3.8, 4) is 0 Å². The molecule has 5 heteroatoms. The number of anilines is 1. The topological polar surface area (TPSA) is 55.8 Å². The molecule has 1 aromatic carbocycles. The van der Waals surface area contributed by atoms with Crippen LogP contribution >= 0.6 is 0 Å². The summed E-state index contributed by atoms with van der Waals surface area (Å²) >= 11 is 0. The lowest BCUT2D eigenvalue weighted by atomic mass is 10.1. The Morgan fingerprint density at radius 3 is 2.39 bits per heavy atom. The Hall–Kier alpha value is -2.04. The van der Waals surface area contributed by atoms with E-state index in [-0.39, 0.29) is 12.4 Å². The molecule has 0 spiro atoms. The molecule has 0 bridgehead atoms. The first kappa shape index (κ1) is 19.0. The second kappa shape index (κ2) is 7.99. The van der Waals surface area contributed by atoms with E-state index in [2.05, 4.69) is 4.74 Å². The van der Waals surface area contributed by atoms with Crippen LogP contribution in [0.5, 0.6) is 0 Å². The Kier molecular flexibility index (Phi) is 6.61. The van der Waals surface area contributed by atoms with Crippen molar-refractivity contribution in [1.82, 2.24) is 0 Å². The Bertz CT molecular complexity index is 561. The maximum Gasteiger partial charge on any atom is 0.414 e. The zero-order valence-corrected chi connectivity index (χ0v) is 14.9. The number of esters is 1. The molecule has 0 aromatic heterocycles. The van der Waals surface area contributed by atoms with Gasteiger partial charge in [0.25, 0.3) is 0 Å². The number of carbonyl (C=O) groups is 2. The van der Waals surface area contributed by atoms with Crippen molar-refractivity contribution < 1.29 is 19.1 Å². The highest BCUT2D eigenvalue weighted by Crippen LogP contribution is 2.25. The molecule has 1 amide bonds. The lowest BCUT2D eigenvalue weighted by Crippen LogP contribution is -2.38. The summed E-state index contributed by atoms with van der Waals surface area (Å²) in [6, 6.07) is 5.81. The van der Waals surface area contributed by atoms with Gasteiger partial charge in [-0.2, -0.15) is 0 Å². The number of hydrogen-bond acceptors (Lipinski definition) is 4. The minimum atomic E-state index is -0.574. The molecule has 5 nitrogen and oxygen atoms in total. The minimum absolute atomic E-state index is 0.265. The highest BCUT2D eigenvalue weighted by molar-refractivity contribution is 5.89. The standard InChI is InChI=1S/C18H27NO4/c1-13-9-7-10-15(14(13)2)19(12-8-11-16(20)22-6)17(21)23-18(3,4)5/h7,9-10H,8,11-12H2,1-6H3. The van der Waals surface area contributed by atoms with Gasteiger partial charge >= 0.3 is 12.1 Å². The molecule has 128 valence electrons. The summed E-state index contributed by atoms with van der Waals surface area (Å²) < 4.78 is 10.2. The second-order valence-corrected chi connectivity index (χ2v) is 6.53. The molecule has 0 aliphatic rings. The molecule has 0 aliphatic carbocycles. The van der Waals surface area contributed by atoms with Gasteiger partial charge in [0.2, 0.25) is 0 Å². The Labute approximate surface area is 138 Å². The van der Waals surface area contributed by atoms with E-state index < -0.39 is 11.7 Å². The number of carbonyl (C=O) groups excluding carboxylic acids is 2. The van der Waals surface area contributed by atoms with E-state index in [1.54, 1.807) is 4.90 Å². The predicted molar refractivity (Wildman–Crippen MR) is 90.7 cm³/mol. The fourth-order valence-electron chi connectivity index (χ4n) is 2.14. The molecular weight excluding hydrogens is 294 g/mol. The number of ether oxygens (including phenoxy) is 2. The van der Waals surface area contributed by atoms with Crippen LogP contribution in [0.25, 0.3) is 0 Å². The van der Waals surface area contributed by atoms with Crippen molar-refractivity contribution in [2.45, 2.75) is 53.1 Å². The highest BCUT2D eigenvalue weighted by Gasteiger charge is 2.24. The van der Waals surface area contributed by atoms with Crippen molar-refractivity contribution in [3.05, 3.63) is 29.3 Å². The number of aryl methyl sites for hydroxylation is 1. The van der Waals surface area contributed by atoms with Crippen molar-refractivity contribution in [2.75, 3.05) is 18.6 Å². The van der Waals surface area contributed by atoms with Crippen LogP contribution in [0.4, 0.5) is 10.5 Å². The zero-order valence-electron chi connectivity index (χ0n) is 14.9. The third-order valence-electron chi connectivity index (χ3n) is 3.47. The van der Waals surface area contributed by atoms with E-state index in [0.717, 1.165) is 16.8 Å². The first-order valence-electron chi connectivity index (χ1n) is 7.79. The molecule has 1 rings (SSSR count). The average Bonchev–Trinajstić information content (AvgIpc) is 2.45. The van der Waals surface area contributed by atoms with E-state index in [4.69, 9.17) is 4.74 Å². The summed E-state index contributed by atoms with van der Waals surface area (Å²) in [4.78, 5) is 25.4. The molecule has 0 saturated carbocycles. The quantitative estimate of drug-likeness (QED) is 0.769. The van der Waals surface area contributed by atoms with Crippen LogP contribution in [0.3, 0.4) is 0 Å². The molecule has 0 fully saturated rings. The summed E-state index contributed by atoms with van der Waals surface area (Å²) in [5.41, 5.74) is 2.36. The fraction of sp³-hybridized carbons (Fsp3) is 0.556. The number of hydrogen-bond donors (Lipinski definition) is 0. The van der Waals surface area contributed by atoms with E-state index >= 15 is 0 Å². The second-order valence-electron chi connectivity index (χ2n) is 6.53. The van der Waals surface area contributed by atoms with Gasteiger partial charge in [-0.1, -0.05) is 12.1 Å². The largest absolute Gasteiger partial charge is 0.469 e. The molecule has 0 atom stereocenters. The van der Waals surface area contributed by atoms with Crippen molar-refractivity contribution in [1.29, 1.82) is 0 Å². The van der Waals surface area contributed by atoms with Crippen LogP contribution in [-0.4, -0.2) is 31.3 Å². The SMILES string of the molecule is COC(=O)CCCN(C(=O)OC(C)(C)C)c1cccc(C)c1C.